The fourth-order valence-corrected chi connectivity index (χ4v) is 4.81. The highest BCUT2D eigenvalue weighted by atomic mass is 32.1. The molecule has 0 spiro atoms. The molecule has 4 atom stereocenters. The molecule has 192 valence electrons. The molecule has 0 bridgehead atoms. The van der Waals surface area contributed by atoms with E-state index in [2.05, 4.69) is 23.3 Å². The van der Waals surface area contributed by atoms with Gasteiger partial charge in [-0.25, -0.2) is 4.79 Å². The van der Waals surface area contributed by atoms with Crippen LogP contribution in [0.1, 0.15) is 36.6 Å². The number of fused-ring (bicyclic) bond motifs is 1. The fraction of sp³-hybridized carbons (Fsp3) is 0.300. The van der Waals surface area contributed by atoms with Crippen LogP contribution < -0.4 is 10.6 Å². The van der Waals surface area contributed by atoms with Crippen molar-refractivity contribution in [2.75, 3.05) is 0 Å². The van der Waals surface area contributed by atoms with Gasteiger partial charge in [-0.1, -0.05) is 92.7 Å². The Hall–Kier alpha value is -3.58. The molecule has 0 aliphatic heterocycles. The Morgan fingerprint density at radius 3 is 2.19 bits per heavy atom. The lowest BCUT2D eigenvalue weighted by Gasteiger charge is -2.25. The first-order valence-corrected chi connectivity index (χ1v) is 13.0. The number of hydrogen-bond acceptors (Lipinski definition) is 4. The predicted octanol–water partition coefficient (Wildman–Crippen LogP) is 4.45. The molecule has 6 nitrogen and oxygen atoms in total. The average Bonchev–Trinajstić information content (AvgIpc) is 3.27. The lowest BCUT2D eigenvalue weighted by Crippen LogP contribution is -2.48. The number of nitrogens with one attached hydrogen (secondary N) is 2. The van der Waals surface area contributed by atoms with Crippen molar-refractivity contribution in [1.29, 1.82) is 0 Å². The fourth-order valence-electron chi connectivity index (χ4n) is 4.74. The summed E-state index contributed by atoms with van der Waals surface area (Å²) in [6.07, 6.45) is 0.572. The Labute approximate surface area is 222 Å². The van der Waals surface area contributed by atoms with E-state index in [1.807, 2.05) is 92.7 Å². The normalized spacial score (nSPS) is 18.1. The van der Waals surface area contributed by atoms with E-state index in [-0.39, 0.29) is 18.2 Å². The smallest absolute Gasteiger partial charge is 0.326 e. The van der Waals surface area contributed by atoms with Crippen LogP contribution in [0.4, 0.5) is 0 Å². The summed E-state index contributed by atoms with van der Waals surface area (Å²) >= 11 is 4.42. The Kier molecular flexibility index (Phi) is 8.34. The van der Waals surface area contributed by atoms with Gasteiger partial charge in [-0.05, 0) is 40.2 Å². The molecule has 0 fully saturated rings. The molecule has 4 rings (SSSR count). The van der Waals surface area contributed by atoms with E-state index in [4.69, 9.17) is 0 Å². The van der Waals surface area contributed by atoms with Gasteiger partial charge < -0.3 is 15.7 Å². The van der Waals surface area contributed by atoms with Crippen molar-refractivity contribution in [3.05, 3.63) is 95.6 Å². The maximum Gasteiger partial charge on any atom is 0.326 e. The summed E-state index contributed by atoms with van der Waals surface area (Å²) in [7, 11) is 0. The summed E-state index contributed by atoms with van der Waals surface area (Å²) in [5.41, 5.74) is 4.76. The molecule has 2 amide bonds. The van der Waals surface area contributed by atoms with Gasteiger partial charge in [-0.2, -0.15) is 12.6 Å². The molecule has 3 aromatic rings. The van der Waals surface area contributed by atoms with Crippen LogP contribution in [0, 0.1) is 11.8 Å². The average molecular weight is 517 g/mol. The van der Waals surface area contributed by atoms with Crippen LogP contribution in [0.3, 0.4) is 0 Å². The van der Waals surface area contributed by atoms with Crippen molar-refractivity contribution in [3.63, 3.8) is 0 Å². The zero-order valence-corrected chi connectivity index (χ0v) is 21.8. The van der Waals surface area contributed by atoms with Crippen LogP contribution >= 0.6 is 12.6 Å². The van der Waals surface area contributed by atoms with E-state index in [0.29, 0.717) is 6.42 Å². The van der Waals surface area contributed by atoms with Crippen LogP contribution in [0.5, 0.6) is 0 Å². The number of amides is 2. The second-order valence-corrected chi connectivity index (χ2v) is 10.4. The molecule has 1 aliphatic rings. The minimum atomic E-state index is -1.10. The number of rotatable bonds is 9. The number of thiol groups is 1. The largest absolute Gasteiger partial charge is 0.480 e. The highest BCUT2D eigenvalue weighted by Crippen LogP contribution is 2.36. The van der Waals surface area contributed by atoms with Gasteiger partial charge in [0.15, 0.2) is 0 Å². The predicted molar refractivity (Wildman–Crippen MR) is 147 cm³/mol. The van der Waals surface area contributed by atoms with Crippen LogP contribution in [-0.4, -0.2) is 34.2 Å². The first-order chi connectivity index (χ1) is 17.7. The Bertz CT molecular complexity index is 1260. The number of hydrogen-bond donors (Lipinski definition) is 4. The molecular formula is C30H32N2O4S. The highest BCUT2D eigenvalue weighted by Gasteiger charge is 2.40. The van der Waals surface area contributed by atoms with Crippen molar-refractivity contribution < 1.29 is 19.5 Å². The second-order valence-electron chi connectivity index (χ2n) is 9.85. The van der Waals surface area contributed by atoms with E-state index in [1.54, 1.807) is 0 Å². The number of carboxylic acids is 1. The number of carbonyl (C=O) groups excluding carboxylic acids is 2. The standard InChI is InChI=1S/C30H32N2O4S/c1-18(2)27(37)29(34)32-26-23-11-7-6-10-22(23)17-24(26)28(33)31-25(30(35)36)16-19-12-14-21(15-13-19)20-8-4-3-5-9-20/h3-15,18,24-27,37H,16-17H2,1-2H3,(H,31,33)(H,32,34)(H,35,36). The number of aliphatic carboxylic acids is 1. The molecule has 4 unspecified atom stereocenters. The van der Waals surface area contributed by atoms with Gasteiger partial charge in [0.25, 0.3) is 0 Å². The molecule has 0 radical (unpaired) electrons. The number of carbonyl (C=O) groups is 3. The molecule has 0 saturated heterocycles. The Balaban J connectivity index is 1.48. The van der Waals surface area contributed by atoms with Crippen LogP contribution in [0.25, 0.3) is 11.1 Å². The Morgan fingerprint density at radius 1 is 0.919 bits per heavy atom. The molecule has 7 heteroatoms. The van der Waals surface area contributed by atoms with Crippen LogP contribution in [-0.2, 0) is 27.2 Å². The highest BCUT2D eigenvalue weighted by molar-refractivity contribution is 7.81. The third kappa shape index (κ3) is 6.23. The van der Waals surface area contributed by atoms with Gasteiger partial charge >= 0.3 is 5.97 Å². The molecule has 3 N–H and O–H groups in total. The topological polar surface area (TPSA) is 95.5 Å². The molecule has 37 heavy (non-hydrogen) atoms. The maximum atomic E-state index is 13.4. The van der Waals surface area contributed by atoms with Gasteiger partial charge in [0.2, 0.25) is 11.8 Å². The third-order valence-electron chi connectivity index (χ3n) is 6.88. The molecule has 0 saturated carbocycles. The van der Waals surface area contributed by atoms with E-state index in [1.165, 1.54) is 0 Å². The lowest BCUT2D eigenvalue weighted by molar-refractivity contribution is -0.142. The maximum absolute atomic E-state index is 13.4. The zero-order chi connectivity index (χ0) is 26.5. The van der Waals surface area contributed by atoms with Crippen molar-refractivity contribution in [2.45, 2.75) is 44.0 Å². The molecule has 0 heterocycles. The van der Waals surface area contributed by atoms with Gasteiger partial charge in [0.1, 0.15) is 6.04 Å². The van der Waals surface area contributed by atoms with Crippen molar-refractivity contribution in [2.24, 2.45) is 11.8 Å². The van der Waals surface area contributed by atoms with E-state index in [9.17, 15) is 19.5 Å². The molecule has 3 aromatic carbocycles. The van der Waals surface area contributed by atoms with Crippen molar-refractivity contribution in [3.8, 4) is 11.1 Å². The van der Waals surface area contributed by atoms with Crippen molar-refractivity contribution >= 4 is 30.4 Å². The van der Waals surface area contributed by atoms with E-state index in [0.717, 1.165) is 27.8 Å². The summed E-state index contributed by atoms with van der Waals surface area (Å²) in [6.45, 7) is 3.82. The number of benzene rings is 3. The second kappa shape index (κ2) is 11.6. The number of carboxylic acid groups (broad SMARTS) is 1. The first kappa shape index (κ1) is 26.5. The van der Waals surface area contributed by atoms with Gasteiger partial charge in [0, 0.05) is 6.42 Å². The van der Waals surface area contributed by atoms with E-state index < -0.39 is 35.1 Å². The van der Waals surface area contributed by atoms with E-state index >= 15 is 0 Å². The zero-order valence-electron chi connectivity index (χ0n) is 20.9. The summed E-state index contributed by atoms with van der Waals surface area (Å²) in [4.78, 5) is 38.3. The van der Waals surface area contributed by atoms with Gasteiger partial charge in [-0.3, -0.25) is 9.59 Å². The first-order valence-electron chi connectivity index (χ1n) is 12.5. The van der Waals surface area contributed by atoms with Gasteiger partial charge in [0.05, 0.1) is 17.2 Å². The summed E-state index contributed by atoms with van der Waals surface area (Å²) < 4.78 is 0. The summed E-state index contributed by atoms with van der Waals surface area (Å²) in [5.74, 6) is -2.33. The molecule has 0 aromatic heterocycles. The summed E-state index contributed by atoms with van der Waals surface area (Å²) in [5, 5.41) is 15.1. The molecular weight excluding hydrogens is 484 g/mol. The monoisotopic (exact) mass is 516 g/mol. The van der Waals surface area contributed by atoms with Crippen LogP contribution in [0.2, 0.25) is 0 Å². The SMILES string of the molecule is CC(C)C(S)C(=O)NC1c2ccccc2CC1C(=O)NC(Cc1ccc(-c2ccccc2)cc1)C(=O)O. The summed E-state index contributed by atoms with van der Waals surface area (Å²) in [6, 6.07) is 23.6. The molecule has 1 aliphatic carbocycles. The van der Waals surface area contributed by atoms with Crippen LogP contribution in [0.15, 0.2) is 78.9 Å². The Morgan fingerprint density at radius 2 is 1.54 bits per heavy atom. The quantitative estimate of drug-likeness (QED) is 0.316. The third-order valence-corrected chi connectivity index (χ3v) is 7.71. The lowest BCUT2D eigenvalue weighted by atomic mass is 9.97. The van der Waals surface area contributed by atoms with Crippen molar-refractivity contribution in [1.82, 2.24) is 10.6 Å². The minimum absolute atomic E-state index is 0.0249. The minimum Gasteiger partial charge on any atom is -0.480 e. The van der Waals surface area contributed by atoms with Gasteiger partial charge in [-0.15, -0.1) is 0 Å².